The van der Waals surface area contributed by atoms with E-state index in [9.17, 15) is 14.1 Å². The van der Waals surface area contributed by atoms with Gasteiger partial charge in [0.05, 0.1) is 13.7 Å². The summed E-state index contributed by atoms with van der Waals surface area (Å²) in [6.45, 7) is 0.269. The number of terminal acetylenes is 1. The third-order valence-corrected chi connectivity index (χ3v) is 5.62. The molecule has 32 heavy (non-hydrogen) atoms. The second-order valence-corrected chi connectivity index (χ2v) is 7.90. The Morgan fingerprint density at radius 1 is 1.44 bits per heavy atom. The minimum absolute atomic E-state index is 0.0312. The maximum absolute atomic E-state index is 12.1. The first-order chi connectivity index (χ1) is 15.4. The van der Waals surface area contributed by atoms with Crippen LogP contribution in [-0.4, -0.2) is 35.8 Å². The number of fused-ring (bicyclic) bond motifs is 1. The zero-order valence-corrected chi connectivity index (χ0v) is 18.3. The molecule has 168 valence electrons. The summed E-state index contributed by atoms with van der Waals surface area (Å²) in [7, 11) is 5.14. The molecule has 2 radical (unpaired) electrons. The predicted octanol–water partition coefficient (Wildman–Crippen LogP) is 2.48. The van der Waals surface area contributed by atoms with E-state index < -0.39 is 32.3 Å². The van der Waals surface area contributed by atoms with Crippen molar-refractivity contribution in [3.05, 3.63) is 61.4 Å². The average molecular weight is 484 g/mol. The van der Waals surface area contributed by atoms with Crippen molar-refractivity contribution >= 4 is 28.2 Å². The molecule has 1 fully saturated rings. The third-order valence-electron chi connectivity index (χ3n) is 4.37. The Hall–Kier alpha value is -2.23. The Kier molecular flexibility index (Phi) is 8.45. The van der Waals surface area contributed by atoms with Crippen LogP contribution in [0.25, 0.3) is 0 Å². The zero-order valence-electron chi connectivity index (χ0n) is 16.7. The van der Waals surface area contributed by atoms with Crippen LogP contribution in [0.5, 0.6) is 5.75 Å². The van der Waals surface area contributed by atoms with Gasteiger partial charge in [-0.15, -0.1) is 6.42 Å². The van der Waals surface area contributed by atoms with Crippen molar-refractivity contribution in [2.45, 2.75) is 31.9 Å². The Bertz CT molecular complexity index is 1110. The molecule has 2 aliphatic heterocycles. The number of hydrogen-bond acceptors (Lipinski definition) is 8. The summed E-state index contributed by atoms with van der Waals surface area (Å²) in [6.07, 6.45) is 6.18. The van der Waals surface area contributed by atoms with Gasteiger partial charge in [0.15, 0.2) is 0 Å². The van der Waals surface area contributed by atoms with Crippen molar-refractivity contribution in [1.29, 1.82) is 0 Å². The normalized spacial score (nSPS) is 21.8. The van der Waals surface area contributed by atoms with Gasteiger partial charge in [-0.25, -0.2) is 14.4 Å². The molecule has 4 rings (SSSR count). The number of nitrogens with one attached hydrogen (secondary N) is 1. The fourth-order valence-electron chi connectivity index (χ4n) is 2.95. The highest BCUT2D eigenvalue weighted by Gasteiger charge is 2.34. The molecule has 1 N–H and O–H groups in total. The summed E-state index contributed by atoms with van der Waals surface area (Å²) in [5.41, 5.74) is -0.406. The Morgan fingerprint density at radius 3 is 2.91 bits per heavy atom. The average Bonchev–Trinajstić information content (AvgIpc) is 3.25. The number of hydrogen-bond donors (Lipinski definition) is 1. The molecule has 0 aliphatic carbocycles. The third kappa shape index (κ3) is 5.76. The Morgan fingerprint density at radius 2 is 2.19 bits per heavy atom. The van der Waals surface area contributed by atoms with E-state index >= 15 is 0 Å². The van der Waals surface area contributed by atoms with E-state index in [0.717, 1.165) is 17.6 Å². The van der Waals surface area contributed by atoms with E-state index in [0.29, 0.717) is 23.6 Å². The highest BCUT2D eigenvalue weighted by atomic mass is 35.5. The van der Waals surface area contributed by atoms with Gasteiger partial charge in [0, 0.05) is 16.8 Å². The smallest absolute Gasteiger partial charge is 0.414 e. The zero-order chi connectivity index (χ0) is 23.3. The molecule has 1 aromatic heterocycles. The highest BCUT2D eigenvalue weighted by molar-refractivity contribution is 7.42. The van der Waals surface area contributed by atoms with Gasteiger partial charge in [-0.3, -0.25) is 18.9 Å². The molecular weight excluding hydrogens is 466 g/mol. The SMILES string of the molecule is COF.[B]N(OP1OCc2cc(Cl)ccc2O1)C1CCC(n2cc(C#C)c(=O)[nH]c2=O)O1. The van der Waals surface area contributed by atoms with Gasteiger partial charge in [-0.05, 0) is 35.6 Å². The maximum atomic E-state index is 12.1. The lowest BCUT2D eigenvalue weighted by atomic mass is 10.2. The minimum atomic E-state index is -1.78. The van der Waals surface area contributed by atoms with Gasteiger partial charge in [0.25, 0.3) is 5.56 Å². The predicted molar refractivity (Wildman–Crippen MR) is 113 cm³/mol. The van der Waals surface area contributed by atoms with Crippen LogP contribution < -0.4 is 15.8 Å². The van der Waals surface area contributed by atoms with E-state index in [-0.39, 0.29) is 12.2 Å². The summed E-state index contributed by atoms with van der Waals surface area (Å²) >= 11 is 5.95. The van der Waals surface area contributed by atoms with Gasteiger partial charge in [-0.1, -0.05) is 17.5 Å². The summed E-state index contributed by atoms with van der Waals surface area (Å²) in [4.78, 5) is 29.6. The molecule has 14 heteroatoms. The molecular formula is C18H17BClFN3O7P. The maximum Gasteiger partial charge on any atom is 0.414 e. The number of benzene rings is 1. The molecule has 10 nitrogen and oxygen atoms in total. The van der Waals surface area contributed by atoms with E-state index in [1.165, 1.54) is 10.8 Å². The largest absolute Gasteiger partial charge is 0.425 e. The highest BCUT2D eigenvalue weighted by Crippen LogP contribution is 2.48. The van der Waals surface area contributed by atoms with Gasteiger partial charge in [-0.2, -0.15) is 4.94 Å². The topological polar surface area (TPSA) is 104 Å². The van der Waals surface area contributed by atoms with Crippen LogP contribution in [0.3, 0.4) is 0 Å². The molecule has 3 heterocycles. The number of H-pyrrole nitrogens is 1. The number of ether oxygens (including phenoxy) is 1. The lowest BCUT2D eigenvalue weighted by Crippen LogP contribution is -2.36. The van der Waals surface area contributed by atoms with Crippen molar-refractivity contribution in [3.8, 4) is 18.1 Å². The molecule has 1 saturated heterocycles. The quantitative estimate of drug-likeness (QED) is 0.306. The van der Waals surface area contributed by atoms with Gasteiger partial charge < -0.3 is 9.26 Å². The first kappa shape index (κ1) is 24.4. The summed E-state index contributed by atoms with van der Waals surface area (Å²) in [5, 5.41) is 0.583. The number of rotatable bonds is 4. The van der Waals surface area contributed by atoms with Crippen LogP contribution in [0.4, 0.5) is 4.53 Å². The monoisotopic (exact) mass is 483 g/mol. The van der Waals surface area contributed by atoms with Gasteiger partial charge in [0.1, 0.15) is 23.8 Å². The van der Waals surface area contributed by atoms with E-state index in [1.54, 1.807) is 18.2 Å². The Balaban J connectivity index is 0.000000913. The van der Waals surface area contributed by atoms with Crippen molar-refractivity contribution in [2.24, 2.45) is 0 Å². The molecule has 0 saturated carbocycles. The summed E-state index contributed by atoms with van der Waals surface area (Å²) in [5.74, 6) is 2.83. The van der Waals surface area contributed by atoms with E-state index in [2.05, 4.69) is 15.8 Å². The fourth-order valence-corrected chi connectivity index (χ4v) is 4.12. The summed E-state index contributed by atoms with van der Waals surface area (Å²) < 4.78 is 33.5. The van der Waals surface area contributed by atoms with Gasteiger partial charge in [0.2, 0.25) is 7.98 Å². The number of halogens is 2. The van der Waals surface area contributed by atoms with Crippen LogP contribution in [-0.2, 0) is 25.4 Å². The second kappa shape index (κ2) is 11.1. The van der Waals surface area contributed by atoms with Crippen molar-refractivity contribution < 1.29 is 27.9 Å². The summed E-state index contributed by atoms with van der Waals surface area (Å²) in [6, 6.07) is 5.19. The van der Waals surface area contributed by atoms with Crippen LogP contribution in [0.2, 0.25) is 5.02 Å². The van der Waals surface area contributed by atoms with Crippen LogP contribution in [0.1, 0.15) is 30.2 Å². The molecule has 2 aromatic rings. The van der Waals surface area contributed by atoms with E-state index in [1.807, 2.05) is 0 Å². The Labute approximate surface area is 189 Å². The molecule has 2 aliphatic rings. The molecule has 0 bridgehead atoms. The van der Waals surface area contributed by atoms with Crippen LogP contribution >= 0.6 is 20.2 Å². The molecule has 3 unspecified atom stereocenters. The number of aromatic amines is 1. The number of aromatic nitrogens is 2. The number of nitrogens with zero attached hydrogens (tertiary/aromatic N) is 2. The van der Waals surface area contributed by atoms with Crippen LogP contribution in [0, 0.1) is 12.3 Å². The molecule has 3 atom stereocenters. The lowest BCUT2D eigenvalue weighted by Gasteiger charge is -2.30. The second-order valence-electron chi connectivity index (χ2n) is 6.41. The van der Waals surface area contributed by atoms with E-state index in [4.69, 9.17) is 44.4 Å². The van der Waals surface area contributed by atoms with Crippen molar-refractivity contribution in [1.82, 2.24) is 14.5 Å². The van der Waals surface area contributed by atoms with Crippen molar-refractivity contribution in [2.75, 3.05) is 7.11 Å². The standard InChI is InChI=1S/C17H14BClN3O6P.CH3FO/c1-2-10-8-21(17(24)20-16(10)23)14-5-6-15(26-14)22(18)28-29-25-9-11-7-12(19)3-4-13(11)27-29;1-3-2/h1,3-4,7-8,14-15H,5-6,9H2,(H,20,23,24);1H3. The minimum Gasteiger partial charge on any atom is -0.425 e. The molecule has 1 aromatic carbocycles. The van der Waals surface area contributed by atoms with Crippen molar-refractivity contribution in [3.63, 3.8) is 0 Å². The number of hydroxylamine groups is 1. The van der Waals surface area contributed by atoms with Gasteiger partial charge >= 0.3 is 14.3 Å². The lowest BCUT2D eigenvalue weighted by molar-refractivity contribution is -0.146. The first-order valence-electron chi connectivity index (χ1n) is 9.10. The molecule has 0 amide bonds. The molecule has 0 spiro atoms. The first-order valence-corrected chi connectivity index (χ1v) is 10.6. The van der Waals surface area contributed by atoms with Crippen LogP contribution in [0.15, 0.2) is 34.0 Å². The fraction of sp³-hybridized carbons (Fsp3) is 0.333.